The summed E-state index contributed by atoms with van der Waals surface area (Å²) in [5, 5.41) is 4.28. The van der Waals surface area contributed by atoms with Crippen LogP contribution in [-0.2, 0) is 17.1 Å². The number of carbonyl (C=O) groups excluding carboxylic acids is 1. The standard InChI is InChI=1S/C15H19BrN4O3S2/c1-10-14(11(2)18(3)17-10)15(21)19-6-8-20(9-7-19)25(22,23)13-5-4-12(16)24-13/h4-5H,6-9H2,1-3H3. The third-order valence-electron chi connectivity index (χ3n) is 4.39. The fourth-order valence-corrected chi connectivity index (χ4v) is 6.52. The minimum Gasteiger partial charge on any atom is -0.336 e. The molecule has 3 heterocycles. The minimum absolute atomic E-state index is 0.0842. The number of piperazine rings is 1. The molecule has 0 radical (unpaired) electrons. The van der Waals surface area contributed by atoms with Gasteiger partial charge in [-0.15, -0.1) is 11.3 Å². The molecular weight excluding hydrogens is 428 g/mol. The van der Waals surface area contributed by atoms with Crippen molar-refractivity contribution in [2.45, 2.75) is 18.1 Å². The lowest BCUT2D eigenvalue weighted by atomic mass is 10.1. The number of carbonyl (C=O) groups is 1. The van der Waals surface area contributed by atoms with Crippen LogP contribution in [0.3, 0.4) is 0 Å². The molecule has 1 amide bonds. The summed E-state index contributed by atoms with van der Waals surface area (Å²) >= 11 is 4.49. The Morgan fingerprint density at radius 1 is 1.20 bits per heavy atom. The molecule has 136 valence electrons. The molecule has 0 saturated carbocycles. The smallest absolute Gasteiger partial charge is 0.257 e. The Morgan fingerprint density at radius 3 is 2.32 bits per heavy atom. The lowest BCUT2D eigenvalue weighted by Crippen LogP contribution is -2.50. The first-order valence-corrected chi connectivity index (χ1v) is 10.8. The van der Waals surface area contributed by atoms with Crippen LogP contribution in [0.25, 0.3) is 0 Å². The number of amides is 1. The van der Waals surface area contributed by atoms with Crippen molar-refractivity contribution >= 4 is 43.2 Å². The summed E-state index contributed by atoms with van der Waals surface area (Å²) in [7, 11) is -1.69. The third kappa shape index (κ3) is 3.40. The van der Waals surface area contributed by atoms with Crippen LogP contribution in [0.5, 0.6) is 0 Å². The minimum atomic E-state index is -3.50. The van der Waals surface area contributed by atoms with Crippen LogP contribution < -0.4 is 0 Å². The number of aromatic nitrogens is 2. The van der Waals surface area contributed by atoms with Crippen LogP contribution in [0.2, 0.25) is 0 Å². The molecule has 0 N–H and O–H groups in total. The van der Waals surface area contributed by atoms with Crippen molar-refractivity contribution < 1.29 is 13.2 Å². The van der Waals surface area contributed by atoms with Gasteiger partial charge in [-0.2, -0.15) is 9.40 Å². The Morgan fingerprint density at radius 2 is 1.84 bits per heavy atom. The van der Waals surface area contributed by atoms with Gasteiger partial charge >= 0.3 is 0 Å². The molecule has 0 atom stereocenters. The monoisotopic (exact) mass is 446 g/mol. The molecule has 2 aromatic rings. The second kappa shape index (κ2) is 6.82. The summed E-state index contributed by atoms with van der Waals surface area (Å²) in [6.07, 6.45) is 0. The van der Waals surface area contributed by atoms with Crippen molar-refractivity contribution in [2.24, 2.45) is 7.05 Å². The predicted molar refractivity (Wildman–Crippen MR) is 99.4 cm³/mol. The van der Waals surface area contributed by atoms with Gasteiger partial charge in [0, 0.05) is 38.9 Å². The van der Waals surface area contributed by atoms with Crippen LogP contribution in [0.15, 0.2) is 20.1 Å². The summed E-state index contributed by atoms with van der Waals surface area (Å²) in [6, 6.07) is 3.33. The van der Waals surface area contributed by atoms with Gasteiger partial charge in [0.25, 0.3) is 15.9 Å². The van der Waals surface area contributed by atoms with E-state index >= 15 is 0 Å². The Bertz CT molecular complexity index is 911. The number of halogens is 1. The zero-order valence-corrected chi connectivity index (χ0v) is 17.4. The van der Waals surface area contributed by atoms with E-state index in [4.69, 9.17) is 0 Å². The molecule has 0 spiro atoms. The lowest BCUT2D eigenvalue weighted by Gasteiger charge is -2.33. The zero-order chi connectivity index (χ0) is 18.4. The van der Waals surface area contributed by atoms with Gasteiger partial charge in [-0.05, 0) is 41.9 Å². The third-order valence-corrected chi connectivity index (χ3v) is 8.38. The lowest BCUT2D eigenvalue weighted by molar-refractivity contribution is 0.0696. The van der Waals surface area contributed by atoms with Crippen LogP contribution >= 0.6 is 27.3 Å². The fourth-order valence-electron chi connectivity index (χ4n) is 2.94. The van der Waals surface area contributed by atoms with Crippen molar-refractivity contribution in [2.75, 3.05) is 26.2 Å². The normalized spacial score (nSPS) is 16.4. The number of hydrogen-bond donors (Lipinski definition) is 0. The second-order valence-electron chi connectivity index (χ2n) is 5.92. The van der Waals surface area contributed by atoms with E-state index in [-0.39, 0.29) is 5.91 Å². The van der Waals surface area contributed by atoms with Crippen LogP contribution in [-0.4, -0.2) is 59.5 Å². The van der Waals surface area contributed by atoms with Crippen molar-refractivity contribution in [1.82, 2.24) is 19.0 Å². The molecule has 7 nitrogen and oxygen atoms in total. The second-order valence-corrected chi connectivity index (χ2v) is 10.6. The van der Waals surface area contributed by atoms with E-state index in [1.54, 1.807) is 21.7 Å². The van der Waals surface area contributed by atoms with E-state index < -0.39 is 10.0 Å². The molecule has 2 aromatic heterocycles. The average Bonchev–Trinajstić information content (AvgIpc) is 3.11. The van der Waals surface area contributed by atoms with Gasteiger partial charge in [-0.3, -0.25) is 9.48 Å². The number of rotatable bonds is 3. The van der Waals surface area contributed by atoms with Crippen LogP contribution in [0.4, 0.5) is 0 Å². The Kier molecular flexibility index (Phi) is 5.06. The molecule has 1 aliphatic rings. The number of sulfonamides is 1. The summed E-state index contributed by atoms with van der Waals surface area (Å²) in [5.41, 5.74) is 2.13. The molecule has 1 fully saturated rings. The maximum atomic E-state index is 12.8. The topological polar surface area (TPSA) is 75.5 Å². The maximum absolute atomic E-state index is 12.8. The predicted octanol–water partition coefficient (Wildman–Crippen LogP) is 2.01. The molecule has 3 rings (SSSR count). The quantitative estimate of drug-likeness (QED) is 0.722. The number of nitrogens with zero attached hydrogens (tertiary/aromatic N) is 4. The molecular formula is C15H19BrN4O3S2. The van der Waals surface area contributed by atoms with Crippen molar-refractivity contribution in [3.05, 3.63) is 32.9 Å². The first-order valence-electron chi connectivity index (χ1n) is 7.77. The van der Waals surface area contributed by atoms with Gasteiger partial charge in [-0.25, -0.2) is 8.42 Å². The highest BCUT2D eigenvalue weighted by molar-refractivity contribution is 9.11. The number of hydrogen-bond acceptors (Lipinski definition) is 5. The highest BCUT2D eigenvalue weighted by Crippen LogP contribution is 2.29. The average molecular weight is 447 g/mol. The summed E-state index contributed by atoms with van der Waals surface area (Å²) in [4.78, 5) is 14.5. The van der Waals surface area contributed by atoms with E-state index in [1.807, 2.05) is 20.9 Å². The first kappa shape index (κ1) is 18.6. The summed E-state index contributed by atoms with van der Waals surface area (Å²) < 4.78 is 29.5. The summed E-state index contributed by atoms with van der Waals surface area (Å²) in [5.74, 6) is -0.0842. The molecule has 0 unspecified atom stereocenters. The van der Waals surface area contributed by atoms with E-state index in [0.717, 1.165) is 9.48 Å². The molecule has 0 bridgehead atoms. The highest BCUT2D eigenvalue weighted by Gasteiger charge is 2.32. The molecule has 1 aliphatic heterocycles. The SMILES string of the molecule is Cc1nn(C)c(C)c1C(=O)N1CCN(S(=O)(=O)c2ccc(Br)s2)CC1. The molecule has 0 aromatic carbocycles. The Balaban J connectivity index is 1.72. The Hall–Kier alpha value is -1.23. The van der Waals surface area contributed by atoms with Crippen LogP contribution in [0, 0.1) is 13.8 Å². The van der Waals surface area contributed by atoms with E-state index in [0.29, 0.717) is 41.6 Å². The van der Waals surface area contributed by atoms with Crippen LogP contribution in [0.1, 0.15) is 21.7 Å². The van der Waals surface area contributed by atoms with Gasteiger partial charge in [0.1, 0.15) is 4.21 Å². The number of thiophene rings is 1. The first-order chi connectivity index (χ1) is 11.7. The maximum Gasteiger partial charge on any atom is 0.257 e. The van der Waals surface area contributed by atoms with Gasteiger partial charge in [0.15, 0.2) is 0 Å². The molecule has 1 saturated heterocycles. The van der Waals surface area contributed by atoms with E-state index in [9.17, 15) is 13.2 Å². The Labute approximate surface area is 159 Å². The van der Waals surface area contributed by atoms with E-state index in [1.165, 1.54) is 15.6 Å². The van der Waals surface area contributed by atoms with Gasteiger partial charge in [0.05, 0.1) is 15.0 Å². The number of aryl methyl sites for hydroxylation is 2. The van der Waals surface area contributed by atoms with Crippen molar-refractivity contribution in [3.63, 3.8) is 0 Å². The zero-order valence-electron chi connectivity index (χ0n) is 14.2. The molecule has 10 heteroatoms. The van der Waals surface area contributed by atoms with Gasteiger partial charge in [-0.1, -0.05) is 0 Å². The van der Waals surface area contributed by atoms with Gasteiger partial charge < -0.3 is 4.90 Å². The van der Waals surface area contributed by atoms with Crippen molar-refractivity contribution in [1.29, 1.82) is 0 Å². The summed E-state index contributed by atoms with van der Waals surface area (Å²) in [6.45, 7) is 5.01. The van der Waals surface area contributed by atoms with Crippen molar-refractivity contribution in [3.8, 4) is 0 Å². The highest BCUT2D eigenvalue weighted by atomic mass is 79.9. The molecule has 25 heavy (non-hydrogen) atoms. The molecule has 0 aliphatic carbocycles. The fraction of sp³-hybridized carbons (Fsp3) is 0.467. The van der Waals surface area contributed by atoms with Gasteiger partial charge in [0.2, 0.25) is 0 Å². The van der Waals surface area contributed by atoms with E-state index in [2.05, 4.69) is 21.0 Å². The largest absolute Gasteiger partial charge is 0.336 e.